The topological polar surface area (TPSA) is 49.3 Å². The number of benzene rings is 1. The predicted molar refractivity (Wildman–Crippen MR) is 70.2 cm³/mol. The van der Waals surface area contributed by atoms with Gasteiger partial charge in [0.2, 0.25) is 5.91 Å². The molecule has 4 heteroatoms. The molecule has 102 valence electrons. The van der Waals surface area contributed by atoms with Crippen LogP contribution >= 0.6 is 0 Å². The van der Waals surface area contributed by atoms with Crippen LogP contribution in [0, 0.1) is 17.7 Å². The van der Waals surface area contributed by atoms with E-state index in [1.807, 2.05) is 6.92 Å². The van der Waals surface area contributed by atoms with Gasteiger partial charge in [-0.3, -0.25) is 4.79 Å². The number of carbonyl (C=O) groups excluding carboxylic acids is 1. The number of anilines is 1. The first kappa shape index (κ1) is 12.6. The molecule has 19 heavy (non-hydrogen) atoms. The van der Waals surface area contributed by atoms with Crippen LogP contribution in [0.1, 0.15) is 43.4 Å². The van der Waals surface area contributed by atoms with E-state index in [9.17, 15) is 14.3 Å². The molecule has 2 unspecified atom stereocenters. The van der Waals surface area contributed by atoms with E-state index < -0.39 is 11.9 Å². The first-order valence-corrected chi connectivity index (χ1v) is 6.86. The molecule has 1 amide bonds. The monoisotopic (exact) mass is 263 g/mol. The standard InChI is InChI=1S/C15H18FNO2/c1-8(9-2-3-9)15(19)11-6-10-4-5-14(18)17-13(10)7-12(11)16/h6-9,15,19H,2-5H2,1H3,(H,17,18). The van der Waals surface area contributed by atoms with E-state index in [2.05, 4.69) is 5.32 Å². The van der Waals surface area contributed by atoms with Crippen LogP contribution in [0.4, 0.5) is 10.1 Å². The molecule has 0 radical (unpaired) electrons. The fourth-order valence-corrected chi connectivity index (χ4v) is 2.81. The lowest BCUT2D eigenvalue weighted by molar-refractivity contribution is -0.116. The Hall–Kier alpha value is -1.42. The average molecular weight is 263 g/mol. The van der Waals surface area contributed by atoms with Gasteiger partial charge in [-0.1, -0.05) is 6.92 Å². The molecule has 2 aliphatic rings. The van der Waals surface area contributed by atoms with E-state index in [0.717, 1.165) is 18.4 Å². The highest BCUT2D eigenvalue weighted by atomic mass is 19.1. The third kappa shape index (κ3) is 2.37. The van der Waals surface area contributed by atoms with E-state index in [1.165, 1.54) is 6.07 Å². The summed E-state index contributed by atoms with van der Waals surface area (Å²) in [6.45, 7) is 1.98. The van der Waals surface area contributed by atoms with Crippen LogP contribution in [-0.2, 0) is 11.2 Å². The molecule has 0 saturated heterocycles. The zero-order valence-corrected chi connectivity index (χ0v) is 10.9. The first-order chi connectivity index (χ1) is 9.06. The molecule has 0 bridgehead atoms. The van der Waals surface area contributed by atoms with Gasteiger partial charge in [0.05, 0.1) is 6.10 Å². The molecular weight excluding hydrogens is 245 g/mol. The van der Waals surface area contributed by atoms with Crippen LogP contribution in [0.3, 0.4) is 0 Å². The van der Waals surface area contributed by atoms with Gasteiger partial charge in [-0.15, -0.1) is 0 Å². The third-order valence-corrected chi connectivity index (χ3v) is 4.30. The van der Waals surface area contributed by atoms with Crippen LogP contribution in [0.25, 0.3) is 0 Å². The number of carbonyl (C=O) groups is 1. The maximum absolute atomic E-state index is 14.1. The van der Waals surface area contributed by atoms with Crippen molar-refractivity contribution in [3.8, 4) is 0 Å². The van der Waals surface area contributed by atoms with Crippen LogP contribution in [0.5, 0.6) is 0 Å². The van der Waals surface area contributed by atoms with E-state index in [4.69, 9.17) is 0 Å². The Bertz CT molecular complexity index is 525. The SMILES string of the molecule is CC(C1CC1)C(O)c1cc2c(cc1F)NC(=O)CC2. The maximum atomic E-state index is 14.1. The zero-order valence-electron chi connectivity index (χ0n) is 10.9. The lowest BCUT2D eigenvalue weighted by atomic mass is 9.90. The van der Waals surface area contributed by atoms with Crippen molar-refractivity contribution in [2.45, 2.75) is 38.7 Å². The number of halogens is 1. The largest absolute Gasteiger partial charge is 0.388 e. The molecule has 1 aliphatic carbocycles. The molecule has 3 rings (SSSR count). The molecule has 1 aliphatic heterocycles. The van der Waals surface area contributed by atoms with E-state index in [1.54, 1.807) is 6.07 Å². The summed E-state index contributed by atoms with van der Waals surface area (Å²) in [6, 6.07) is 3.05. The summed E-state index contributed by atoms with van der Waals surface area (Å²) in [4.78, 5) is 11.3. The van der Waals surface area contributed by atoms with Crippen molar-refractivity contribution in [1.82, 2.24) is 0 Å². The van der Waals surface area contributed by atoms with Gasteiger partial charge in [-0.05, 0) is 48.8 Å². The first-order valence-electron chi connectivity index (χ1n) is 6.86. The Morgan fingerprint density at radius 3 is 2.79 bits per heavy atom. The number of amides is 1. The number of rotatable bonds is 3. The summed E-state index contributed by atoms with van der Waals surface area (Å²) in [5.74, 6) is 0.100. The van der Waals surface area contributed by atoms with Gasteiger partial charge < -0.3 is 10.4 Å². The molecule has 1 saturated carbocycles. The summed E-state index contributed by atoms with van der Waals surface area (Å²) in [5, 5.41) is 13.0. The van der Waals surface area contributed by atoms with Crippen molar-refractivity contribution in [3.05, 3.63) is 29.1 Å². The normalized spacial score (nSPS) is 21.5. The van der Waals surface area contributed by atoms with Crippen molar-refractivity contribution in [3.63, 3.8) is 0 Å². The van der Waals surface area contributed by atoms with Gasteiger partial charge in [0, 0.05) is 17.7 Å². The van der Waals surface area contributed by atoms with Gasteiger partial charge in [-0.2, -0.15) is 0 Å². The fraction of sp³-hybridized carbons (Fsp3) is 0.533. The number of nitrogens with one attached hydrogen (secondary N) is 1. The van der Waals surface area contributed by atoms with Crippen molar-refractivity contribution in [2.24, 2.45) is 11.8 Å². The van der Waals surface area contributed by atoms with E-state index >= 15 is 0 Å². The highest BCUT2D eigenvalue weighted by molar-refractivity contribution is 5.93. The summed E-state index contributed by atoms with van der Waals surface area (Å²) in [7, 11) is 0. The predicted octanol–water partition coefficient (Wildman–Crippen LogP) is 2.79. The number of aryl methyl sites for hydroxylation is 1. The Balaban J connectivity index is 1.91. The summed E-state index contributed by atoms with van der Waals surface area (Å²) in [6.07, 6.45) is 2.53. The molecule has 1 heterocycles. The van der Waals surface area contributed by atoms with Gasteiger partial charge >= 0.3 is 0 Å². The quantitative estimate of drug-likeness (QED) is 0.881. The molecule has 0 aromatic heterocycles. The van der Waals surface area contributed by atoms with Crippen LogP contribution in [0.15, 0.2) is 12.1 Å². The van der Waals surface area contributed by atoms with Crippen molar-refractivity contribution >= 4 is 11.6 Å². The van der Waals surface area contributed by atoms with Gasteiger partial charge in [0.1, 0.15) is 5.82 Å². The van der Waals surface area contributed by atoms with E-state index in [-0.39, 0.29) is 11.8 Å². The Morgan fingerprint density at radius 1 is 1.37 bits per heavy atom. The molecule has 2 N–H and O–H groups in total. The van der Waals surface area contributed by atoms with Crippen molar-refractivity contribution in [1.29, 1.82) is 0 Å². The summed E-state index contributed by atoms with van der Waals surface area (Å²) in [5.41, 5.74) is 1.83. The molecule has 2 atom stereocenters. The van der Waals surface area contributed by atoms with E-state index in [0.29, 0.717) is 30.0 Å². The highest BCUT2D eigenvalue weighted by Crippen LogP contribution is 2.43. The smallest absolute Gasteiger partial charge is 0.224 e. The summed E-state index contributed by atoms with van der Waals surface area (Å²) >= 11 is 0. The second-order valence-electron chi connectivity index (χ2n) is 5.72. The van der Waals surface area contributed by atoms with Gasteiger partial charge in [0.25, 0.3) is 0 Å². The lowest BCUT2D eigenvalue weighted by Gasteiger charge is -2.23. The maximum Gasteiger partial charge on any atom is 0.224 e. The number of aliphatic hydroxyl groups excluding tert-OH is 1. The minimum atomic E-state index is -0.754. The number of hydrogen-bond acceptors (Lipinski definition) is 2. The molecule has 1 fully saturated rings. The average Bonchev–Trinajstić information content (AvgIpc) is 3.20. The Morgan fingerprint density at radius 2 is 2.11 bits per heavy atom. The summed E-state index contributed by atoms with van der Waals surface area (Å²) < 4.78 is 14.1. The Labute approximate surface area is 111 Å². The van der Waals surface area contributed by atoms with Crippen LogP contribution in [0.2, 0.25) is 0 Å². The number of hydrogen-bond donors (Lipinski definition) is 2. The van der Waals surface area contributed by atoms with Crippen molar-refractivity contribution in [2.75, 3.05) is 5.32 Å². The fourth-order valence-electron chi connectivity index (χ4n) is 2.81. The minimum Gasteiger partial charge on any atom is -0.388 e. The number of aliphatic hydroxyl groups is 1. The van der Waals surface area contributed by atoms with Gasteiger partial charge in [0.15, 0.2) is 0 Å². The molecule has 1 aromatic carbocycles. The Kier molecular flexibility index (Phi) is 3.05. The molecule has 0 spiro atoms. The minimum absolute atomic E-state index is 0.0773. The second kappa shape index (κ2) is 4.60. The molecular formula is C15H18FNO2. The lowest BCUT2D eigenvalue weighted by Crippen LogP contribution is -2.20. The molecule has 3 nitrogen and oxygen atoms in total. The zero-order chi connectivity index (χ0) is 13.6. The van der Waals surface area contributed by atoms with Crippen molar-refractivity contribution < 1.29 is 14.3 Å². The number of fused-ring (bicyclic) bond motifs is 1. The van der Waals surface area contributed by atoms with Crippen LogP contribution in [-0.4, -0.2) is 11.0 Å². The molecule has 1 aromatic rings. The highest BCUT2D eigenvalue weighted by Gasteiger charge is 2.34. The van der Waals surface area contributed by atoms with Crippen LogP contribution < -0.4 is 5.32 Å². The third-order valence-electron chi connectivity index (χ3n) is 4.30. The second-order valence-corrected chi connectivity index (χ2v) is 5.72. The van der Waals surface area contributed by atoms with Gasteiger partial charge in [-0.25, -0.2) is 4.39 Å².